The zero-order valence-corrected chi connectivity index (χ0v) is 10.5. The van der Waals surface area contributed by atoms with Crippen molar-refractivity contribution in [2.45, 2.75) is 31.6 Å². The number of halogens is 1. The van der Waals surface area contributed by atoms with Gasteiger partial charge in [0.2, 0.25) is 0 Å². The van der Waals surface area contributed by atoms with E-state index in [1.165, 1.54) is 0 Å². The summed E-state index contributed by atoms with van der Waals surface area (Å²) in [5.74, 6) is -0.752. The Kier molecular flexibility index (Phi) is 2.70. The molecular weight excluding hydrogens is 272 g/mol. The summed E-state index contributed by atoms with van der Waals surface area (Å²) in [6, 6.07) is 3.29. The maximum Gasteiger partial charge on any atom is 0.314 e. The summed E-state index contributed by atoms with van der Waals surface area (Å²) in [6.45, 7) is 1.84. The summed E-state index contributed by atoms with van der Waals surface area (Å²) in [4.78, 5) is 11.4. The van der Waals surface area contributed by atoms with Crippen molar-refractivity contribution in [1.82, 2.24) is 0 Å². The smallest absolute Gasteiger partial charge is 0.314 e. The lowest BCUT2D eigenvalue weighted by Crippen LogP contribution is -2.43. The Labute approximate surface area is 102 Å². The second-order valence-corrected chi connectivity index (χ2v) is 5.16. The highest BCUT2D eigenvalue weighted by Crippen LogP contribution is 2.49. The van der Waals surface area contributed by atoms with Gasteiger partial charge in [-0.2, -0.15) is 0 Å². The third-order valence-corrected chi connectivity index (χ3v) is 4.33. The molecule has 1 aromatic rings. The fourth-order valence-corrected chi connectivity index (χ4v) is 2.71. The van der Waals surface area contributed by atoms with E-state index in [9.17, 15) is 15.0 Å². The van der Waals surface area contributed by atoms with E-state index < -0.39 is 11.4 Å². The molecule has 0 heterocycles. The summed E-state index contributed by atoms with van der Waals surface area (Å²) in [5.41, 5.74) is 0.514. The van der Waals surface area contributed by atoms with Crippen LogP contribution in [0.5, 0.6) is 5.75 Å². The van der Waals surface area contributed by atoms with Crippen molar-refractivity contribution < 1.29 is 15.0 Å². The van der Waals surface area contributed by atoms with Gasteiger partial charge in [0.05, 0.1) is 5.41 Å². The number of carbonyl (C=O) groups is 1. The monoisotopic (exact) mass is 284 g/mol. The van der Waals surface area contributed by atoms with Crippen LogP contribution in [-0.4, -0.2) is 16.2 Å². The van der Waals surface area contributed by atoms with Crippen molar-refractivity contribution in [3.05, 3.63) is 27.7 Å². The molecule has 1 saturated carbocycles. The number of phenols is 1. The Balaban J connectivity index is 2.63. The Morgan fingerprint density at radius 3 is 2.50 bits per heavy atom. The fraction of sp³-hybridized carbons (Fsp3) is 0.417. The molecule has 0 spiro atoms. The number of carboxylic acids is 1. The van der Waals surface area contributed by atoms with E-state index in [0.29, 0.717) is 18.4 Å². The van der Waals surface area contributed by atoms with E-state index in [1.54, 1.807) is 12.1 Å². The first-order valence-corrected chi connectivity index (χ1v) is 6.00. The fourth-order valence-electron chi connectivity index (χ4n) is 2.38. The summed E-state index contributed by atoms with van der Waals surface area (Å²) in [5, 5.41) is 19.2. The van der Waals surface area contributed by atoms with Gasteiger partial charge in [-0.15, -0.1) is 0 Å². The molecule has 1 aliphatic carbocycles. The summed E-state index contributed by atoms with van der Waals surface area (Å²) >= 11 is 3.37. The number of phenolic OH excluding ortho intramolecular Hbond substituents is 1. The average molecular weight is 285 g/mol. The minimum absolute atomic E-state index is 0.0859. The molecular formula is C12H13BrO3. The van der Waals surface area contributed by atoms with Crippen LogP contribution >= 0.6 is 15.9 Å². The van der Waals surface area contributed by atoms with E-state index in [-0.39, 0.29) is 5.75 Å². The number of rotatable bonds is 2. The predicted octanol–water partition coefficient (Wildman–Crippen LogP) is 2.97. The van der Waals surface area contributed by atoms with Gasteiger partial charge in [0.25, 0.3) is 0 Å². The van der Waals surface area contributed by atoms with Gasteiger partial charge in [-0.05, 0) is 37.5 Å². The first kappa shape index (κ1) is 11.5. The van der Waals surface area contributed by atoms with Crippen LogP contribution < -0.4 is 0 Å². The van der Waals surface area contributed by atoms with Crippen molar-refractivity contribution >= 4 is 21.9 Å². The topological polar surface area (TPSA) is 57.5 Å². The van der Waals surface area contributed by atoms with E-state index in [0.717, 1.165) is 16.5 Å². The molecule has 2 N–H and O–H groups in total. The van der Waals surface area contributed by atoms with E-state index in [2.05, 4.69) is 15.9 Å². The molecule has 0 unspecified atom stereocenters. The number of carboxylic acid groups (broad SMARTS) is 1. The van der Waals surface area contributed by atoms with Gasteiger partial charge in [-0.1, -0.05) is 22.4 Å². The van der Waals surface area contributed by atoms with Gasteiger partial charge in [-0.25, -0.2) is 0 Å². The number of aromatic hydroxyl groups is 1. The van der Waals surface area contributed by atoms with E-state index in [1.807, 2.05) is 6.92 Å². The standard InChI is InChI=1S/C12H13BrO3/c1-7-8(13)3-4-9(14)10(7)12(11(15)16)5-2-6-12/h3-4,14H,2,5-6H2,1H3,(H,15,16). The maximum atomic E-state index is 11.4. The molecule has 0 radical (unpaired) electrons. The quantitative estimate of drug-likeness (QED) is 0.878. The summed E-state index contributed by atoms with van der Waals surface area (Å²) in [7, 11) is 0. The van der Waals surface area contributed by atoms with Gasteiger partial charge < -0.3 is 10.2 Å². The minimum Gasteiger partial charge on any atom is -0.508 e. The zero-order valence-electron chi connectivity index (χ0n) is 8.96. The molecule has 4 heteroatoms. The summed E-state index contributed by atoms with van der Waals surface area (Å²) in [6.07, 6.45) is 2.11. The highest BCUT2D eigenvalue weighted by Gasteiger charge is 2.48. The number of aliphatic carboxylic acids is 1. The molecule has 1 aromatic carbocycles. The molecule has 1 fully saturated rings. The third kappa shape index (κ3) is 1.44. The summed E-state index contributed by atoms with van der Waals surface area (Å²) < 4.78 is 0.841. The van der Waals surface area contributed by atoms with Crippen molar-refractivity contribution in [1.29, 1.82) is 0 Å². The van der Waals surface area contributed by atoms with Crippen LogP contribution in [0.1, 0.15) is 30.4 Å². The largest absolute Gasteiger partial charge is 0.508 e. The first-order chi connectivity index (χ1) is 7.49. The average Bonchev–Trinajstić information content (AvgIpc) is 2.15. The Morgan fingerprint density at radius 2 is 2.06 bits per heavy atom. The molecule has 0 amide bonds. The molecule has 0 aromatic heterocycles. The minimum atomic E-state index is -0.877. The first-order valence-electron chi connectivity index (χ1n) is 5.21. The van der Waals surface area contributed by atoms with Crippen LogP contribution in [0.25, 0.3) is 0 Å². The van der Waals surface area contributed by atoms with Crippen LogP contribution in [-0.2, 0) is 10.2 Å². The molecule has 16 heavy (non-hydrogen) atoms. The SMILES string of the molecule is Cc1c(Br)ccc(O)c1C1(C(=O)O)CCC1. The molecule has 3 nitrogen and oxygen atoms in total. The maximum absolute atomic E-state index is 11.4. The van der Waals surface area contributed by atoms with Crippen LogP contribution in [0.15, 0.2) is 16.6 Å². The van der Waals surface area contributed by atoms with Gasteiger partial charge in [0, 0.05) is 10.0 Å². The molecule has 1 aliphatic rings. The van der Waals surface area contributed by atoms with Crippen molar-refractivity contribution in [2.24, 2.45) is 0 Å². The molecule has 0 bridgehead atoms. The van der Waals surface area contributed by atoms with Gasteiger partial charge in [-0.3, -0.25) is 4.79 Å². The number of benzene rings is 1. The van der Waals surface area contributed by atoms with E-state index >= 15 is 0 Å². The molecule has 0 atom stereocenters. The molecule has 0 aliphatic heterocycles. The predicted molar refractivity (Wildman–Crippen MR) is 63.7 cm³/mol. The van der Waals surface area contributed by atoms with Crippen molar-refractivity contribution in [3.8, 4) is 5.75 Å². The Morgan fingerprint density at radius 1 is 1.44 bits per heavy atom. The van der Waals surface area contributed by atoms with Gasteiger partial charge >= 0.3 is 5.97 Å². The van der Waals surface area contributed by atoms with Crippen LogP contribution in [0.3, 0.4) is 0 Å². The molecule has 2 rings (SSSR count). The van der Waals surface area contributed by atoms with Crippen LogP contribution in [0.4, 0.5) is 0 Å². The van der Waals surface area contributed by atoms with Crippen molar-refractivity contribution in [3.63, 3.8) is 0 Å². The Hall–Kier alpha value is -1.03. The lowest BCUT2D eigenvalue weighted by atomic mass is 9.63. The zero-order chi connectivity index (χ0) is 11.9. The van der Waals surface area contributed by atoms with Crippen molar-refractivity contribution in [2.75, 3.05) is 0 Å². The highest BCUT2D eigenvalue weighted by atomic mass is 79.9. The van der Waals surface area contributed by atoms with Gasteiger partial charge in [0.15, 0.2) is 0 Å². The van der Waals surface area contributed by atoms with Crippen LogP contribution in [0.2, 0.25) is 0 Å². The molecule has 86 valence electrons. The normalized spacial score (nSPS) is 17.9. The lowest BCUT2D eigenvalue weighted by Gasteiger charge is -2.39. The number of hydrogen-bond donors (Lipinski definition) is 2. The second kappa shape index (κ2) is 3.77. The van der Waals surface area contributed by atoms with Crippen LogP contribution in [0, 0.1) is 6.92 Å². The van der Waals surface area contributed by atoms with E-state index in [4.69, 9.17) is 0 Å². The molecule has 0 saturated heterocycles. The third-order valence-electron chi connectivity index (χ3n) is 3.47. The number of hydrogen-bond acceptors (Lipinski definition) is 2. The second-order valence-electron chi connectivity index (χ2n) is 4.31. The lowest BCUT2D eigenvalue weighted by molar-refractivity contribution is -0.147. The van der Waals surface area contributed by atoms with Gasteiger partial charge in [0.1, 0.15) is 5.75 Å². The Bertz CT molecular complexity index is 450. The highest BCUT2D eigenvalue weighted by molar-refractivity contribution is 9.10.